The Morgan fingerprint density at radius 1 is 1.18 bits per heavy atom. The Hall–Kier alpha value is -3.89. The van der Waals surface area contributed by atoms with E-state index in [0.717, 1.165) is 0 Å². The van der Waals surface area contributed by atoms with E-state index in [4.69, 9.17) is 15.2 Å². The predicted octanol–water partition coefficient (Wildman–Crippen LogP) is 3.92. The van der Waals surface area contributed by atoms with Crippen LogP contribution in [0.4, 0.5) is 19.1 Å². The number of halogens is 3. The molecule has 0 spiro atoms. The summed E-state index contributed by atoms with van der Waals surface area (Å²) in [6.07, 6.45) is -2.77. The van der Waals surface area contributed by atoms with Crippen LogP contribution >= 0.6 is 0 Å². The van der Waals surface area contributed by atoms with Gasteiger partial charge in [0, 0.05) is 11.3 Å². The van der Waals surface area contributed by atoms with Crippen LogP contribution in [0.1, 0.15) is 24.7 Å². The maximum atomic E-state index is 13.5. The molecule has 1 saturated heterocycles. The second kappa shape index (κ2) is 9.94. The third-order valence-electron chi connectivity index (χ3n) is 4.92. The highest BCUT2D eigenvalue weighted by atomic mass is 19.3. The molecule has 0 saturated carbocycles. The van der Waals surface area contributed by atoms with Gasteiger partial charge in [0.1, 0.15) is 24.7 Å². The highest BCUT2D eigenvalue weighted by Crippen LogP contribution is 2.39. The molecule has 4 rings (SSSR count). The van der Waals surface area contributed by atoms with Gasteiger partial charge in [0.2, 0.25) is 11.8 Å². The van der Waals surface area contributed by atoms with Gasteiger partial charge in [0.15, 0.2) is 0 Å². The summed E-state index contributed by atoms with van der Waals surface area (Å²) in [6.45, 7) is 4.47. The summed E-state index contributed by atoms with van der Waals surface area (Å²) in [7, 11) is 0. The predicted molar refractivity (Wildman–Crippen MR) is 121 cm³/mol. The minimum Gasteiger partial charge on any atom is -0.475 e. The molecule has 0 amide bonds. The fourth-order valence-electron chi connectivity index (χ4n) is 3.47. The SMILES string of the molecule is Cc1cc(-c2c(OCCN=C3NC(C)CO3)nc(N)nc2-c2ccc(F)cc2)cc(C(F)F)n1. The van der Waals surface area contributed by atoms with E-state index in [9.17, 15) is 13.2 Å². The summed E-state index contributed by atoms with van der Waals surface area (Å²) in [4.78, 5) is 16.7. The van der Waals surface area contributed by atoms with Crippen LogP contribution in [-0.4, -0.2) is 46.8 Å². The number of amidine groups is 1. The molecule has 1 atom stereocenters. The maximum Gasteiger partial charge on any atom is 0.285 e. The number of rotatable bonds is 7. The summed E-state index contributed by atoms with van der Waals surface area (Å²) >= 11 is 0. The van der Waals surface area contributed by atoms with Gasteiger partial charge in [-0.15, -0.1) is 0 Å². The second-order valence-electron chi connectivity index (χ2n) is 7.73. The average Bonchev–Trinajstić information content (AvgIpc) is 3.21. The molecular weight excluding hydrogens is 449 g/mol. The largest absolute Gasteiger partial charge is 0.475 e. The Labute approximate surface area is 194 Å². The number of ether oxygens (including phenoxy) is 2. The summed E-state index contributed by atoms with van der Waals surface area (Å²) in [5.74, 6) is -0.426. The number of aliphatic imine (C=N–C) groups is 1. The number of aromatic nitrogens is 3. The first-order chi connectivity index (χ1) is 16.3. The number of benzene rings is 1. The fraction of sp³-hybridized carbons (Fsp3) is 0.304. The van der Waals surface area contributed by atoms with E-state index in [0.29, 0.717) is 40.7 Å². The Kier molecular flexibility index (Phi) is 6.80. The second-order valence-corrected chi connectivity index (χ2v) is 7.73. The fourth-order valence-corrected chi connectivity index (χ4v) is 3.47. The number of alkyl halides is 2. The van der Waals surface area contributed by atoms with Gasteiger partial charge in [-0.05, 0) is 55.8 Å². The highest BCUT2D eigenvalue weighted by molar-refractivity contribution is 5.85. The molecule has 1 fully saturated rings. The zero-order valence-electron chi connectivity index (χ0n) is 18.6. The minimum absolute atomic E-state index is 0.0844. The van der Waals surface area contributed by atoms with E-state index in [1.165, 1.54) is 30.3 Å². The molecule has 1 aliphatic rings. The lowest BCUT2D eigenvalue weighted by atomic mass is 9.99. The van der Waals surface area contributed by atoms with Crippen molar-refractivity contribution in [3.63, 3.8) is 0 Å². The standard InChI is InChI=1S/C23H23F3N6O2/c1-12-9-15(10-17(29-12)20(25)26)18-19(14-3-5-16(24)6-4-14)31-22(27)32-21(18)33-8-7-28-23-30-13(2)11-34-23/h3-6,9-10,13,20H,7-8,11H2,1-2H3,(H,28,30)(H2,27,31,32). The van der Waals surface area contributed by atoms with Gasteiger partial charge in [-0.3, -0.25) is 4.98 Å². The molecule has 11 heteroatoms. The van der Waals surface area contributed by atoms with E-state index in [1.54, 1.807) is 13.0 Å². The number of hydrogen-bond donors (Lipinski definition) is 2. The molecule has 178 valence electrons. The third kappa shape index (κ3) is 5.36. The molecule has 0 aliphatic carbocycles. The maximum absolute atomic E-state index is 13.5. The van der Waals surface area contributed by atoms with Gasteiger partial charge in [0.25, 0.3) is 12.4 Å². The molecule has 1 aromatic carbocycles. The minimum atomic E-state index is -2.77. The molecule has 0 radical (unpaired) electrons. The van der Waals surface area contributed by atoms with Crippen molar-refractivity contribution in [2.24, 2.45) is 4.99 Å². The molecule has 0 bridgehead atoms. The zero-order chi connectivity index (χ0) is 24.2. The number of nitrogens with one attached hydrogen (secondary N) is 1. The summed E-state index contributed by atoms with van der Waals surface area (Å²) in [6, 6.07) is 9.05. The van der Waals surface area contributed by atoms with Gasteiger partial charge in [0.05, 0.1) is 23.8 Å². The molecular formula is C23H23F3N6O2. The quantitative estimate of drug-likeness (QED) is 0.502. The molecule has 1 unspecified atom stereocenters. The smallest absolute Gasteiger partial charge is 0.285 e. The van der Waals surface area contributed by atoms with Crippen molar-refractivity contribution in [1.29, 1.82) is 0 Å². The Morgan fingerprint density at radius 3 is 2.62 bits per heavy atom. The van der Waals surface area contributed by atoms with E-state index < -0.39 is 17.9 Å². The number of hydrogen-bond acceptors (Lipinski definition) is 7. The first kappa shape index (κ1) is 23.3. The number of anilines is 1. The van der Waals surface area contributed by atoms with Crippen molar-refractivity contribution in [2.45, 2.75) is 26.3 Å². The van der Waals surface area contributed by atoms with E-state index in [1.807, 2.05) is 6.92 Å². The number of nitrogens with two attached hydrogens (primary N) is 1. The summed E-state index contributed by atoms with van der Waals surface area (Å²) in [5.41, 5.74) is 7.46. The topological polar surface area (TPSA) is 108 Å². The monoisotopic (exact) mass is 472 g/mol. The average molecular weight is 472 g/mol. The lowest BCUT2D eigenvalue weighted by Gasteiger charge is -2.16. The normalized spacial score (nSPS) is 16.5. The van der Waals surface area contributed by atoms with Gasteiger partial charge >= 0.3 is 0 Å². The van der Waals surface area contributed by atoms with Gasteiger partial charge in [-0.2, -0.15) is 4.98 Å². The van der Waals surface area contributed by atoms with Crippen LogP contribution < -0.4 is 15.8 Å². The van der Waals surface area contributed by atoms with Crippen molar-refractivity contribution in [3.05, 3.63) is 53.6 Å². The van der Waals surface area contributed by atoms with Gasteiger partial charge in [-0.1, -0.05) is 0 Å². The van der Waals surface area contributed by atoms with E-state index in [-0.39, 0.29) is 31.0 Å². The molecule has 3 aromatic rings. The number of pyridine rings is 1. The van der Waals surface area contributed by atoms with Crippen LogP contribution in [0.3, 0.4) is 0 Å². The molecule has 8 nitrogen and oxygen atoms in total. The van der Waals surface area contributed by atoms with Crippen LogP contribution in [0.5, 0.6) is 5.88 Å². The Morgan fingerprint density at radius 2 is 1.94 bits per heavy atom. The van der Waals surface area contributed by atoms with Gasteiger partial charge in [-0.25, -0.2) is 23.1 Å². The summed E-state index contributed by atoms with van der Waals surface area (Å²) in [5, 5.41) is 3.08. The first-order valence-corrected chi connectivity index (χ1v) is 10.6. The lowest BCUT2D eigenvalue weighted by Crippen LogP contribution is -2.24. The van der Waals surface area contributed by atoms with Crippen molar-refractivity contribution in [2.75, 3.05) is 25.5 Å². The number of nitrogens with zero attached hydrogens (tertiary/aromatic N) is 4. The lowest BCUT2D eigenvalue weighted by molar-refractivity contribution is 0.146. The Bertz CT molecular complexity index is 1200. The molecule has 3 N–H and O–H groups in total. The van der Waals surface area contributed by atoms with Crippen LogP contribution in [0.25, 0.3) is 22.4 Å². The van der Waals surface area contributed by atoms with Crippen molar-refractivity contribution in [3.8, 4) is 28.3 Å². The molecule has 3 heterocycles. The van der Waals surface area contributed by atoms with E-state index in [2.05, 4.69) is 25.3 Å². The van der Waals surface area contributed by atoms with Crippen LogP contribution in [0, 0.1) is 12.7 Å². The van der Waals surface area contributed by atoms with Crippen LogP contribution in [0.2, 0.25) is 0 Å². The van der Waals surface area contributed by atoms with Crippen molar-refractivity contribution >= 4 is 12.0 Å². The van der Waals surface area contributed by atoms with Crippen molar-refractivity contribution in [1.82, 2.24) is 20.3 Å². The molecule has 34 heavy (non-hydrogen) atoms. The third-order valence-corrected chi connectivity index (χ3v) is 4.92. The summed E-state index contributed by atoms with van der Waals surface area (Å²) < 4.78 is 51.8. The Balaban J connectivity index is 1.75. The number of nitrogen functional groups attached to an aromatic ring is 1. The number of aryl methyl sites for hydroxylation is 1. The first-order valence-electron chi connectivity index (χ1n) is 10.6. The van der Waals surface area contributed by atoms with Crippen molar-refractivity contribution < 1.29 is 22.6 Å². The highest BCUT2D eigenvalue weighted by Gasteiger charge is 2.22. The van der Waals surface area contributed by atoms with E-state index >= 15 is 0 Å². The van der Waals surface area contributed by atoms with Crippen LogP contribution in [-0.2, 0) is 4.74 Å². The van der Waals surface area contributed by atoms with Gasteiger partial charge < -0.3 is 20.5 Å². The zero-order valence-corrected chi connectivity index (χ0v) is 18.6. The van der Waals surface area contributed by atoms with Crippen LogP contribution in [0.15, 0.2) is 41.4 Å². The molecule has 1 aliphatic heterocycles. The molecule has 2 aromatic heterocycles.